The van der Waals surface area contributed by atoms with E-state index >= 15 is 0 Å². The third-order valence-corrected chi connectivity index (χ3v) is 3.49. The number of nitrogen functional groups attached to an aromatic ring is 1. The van der Waals surface area contributed by atoms with Crippen molar-refractivity contribution in [3.63, 3.8) is 0 Å². The molecule has 0 saturated carbocycles. The first kappa shape index (κ1) is 15.1. The van der Waals surface area contributed by atoms with Crippen LogP contribution in [0.1, 0.15) is 0 Å². The smallest absolute Gasteiger partial charge is 0.277 e. The molecule has 1 aliphatic heterocycles. The van der Waals surface area contributed by atoms with Crippen molar-refractivity contribution in [1.29, 1.82) is 0 Å². The van der Waals surface area contributed by atoms with E-state index in [0.29, 0.717) is 5.16 Å². The van der Waals surface area contributed by atoms with Gasteiger partial charge in [-0.3, -0.25) is 9.78 Å². The van der Waals surface area contributed by atoms with Crippen LogP contribution in [-0.4, -0.2) is 62.7 Å². The Hall–Kier alpha value is -1.33. The Labute approximate surface area is 118 Å². The van der Waals surface area contributed by atoms with Gasteiger partial charge in [-0.25, -0.2) is 4.98 Å². The molecule has 1 fully saturated rings. The van der Waals surface area contributed by atoms with Crippen molar-refractivity contribution >= 4 is 23.3 Å². The number of aliphatic hydroxyl groups excluding tert-OH is 3. The lowest BCUT2D eigenvalue weighted by Gasteiger charge is -2.35. The number of nitrogens with zero attached hydrogens (tertiary/aromatic N) is 1. The standard InChI is InChI=1S/C10H16N4O5S/c1-20-10-13-7(11)4(8(18)14-10)12-9-6(17)5(16)3(15)2-19-9/h3,5-6,9,12,15-17H,2H2,1H3,(H3,11,13,14,18). The monoisotopic (exact) mass is 304 g/mol. The summed E-state index contributed by atoms with van der Waals surface area (Å²) in [6.07, 6.45) is -3.30. The molecular formula is C10H16N4O5S. The first-order chi connectivity index (χ1) is 9.43. The fourth-order valence-corrected chi connectivity index (χ4v) is 2.17. The summed E-state index contributed by atoms with van der Waals surface area (Å²) >= 11 is 1.22. The van der Waals surface area contributed by atoms with Gasteiger partial charge in [0.2, 0.25) is 0 Å². The second-order valence-corrected chi connectivity index (χ2v) is 5.08. The van der Waals surface area contributed by atoms with Crippen LogP contribution < -0.4 is 16.6 Å². The zero-order valence-electron chi connectivity index (χ0n) is 10.6. The second-order valence-electron chi connectivity index (χ2n) is 4.28. The normalized spacial score (nSPS) is 30.2. The highest BCUT2D eigenvalue weighted by molar-refractivity contribution is 7.98. The fraction of sp³-hybridized carbons (Fsp3) is 0.600. The number of H-pyrrole nitrogens is 1. The van der Waals surface area contributed by atoms with Crippen LogP contribution in [0.4, 0.5) is 11.5 Å². The highest BCUT2D eigenvalue weighted by Crippen LogP contribution is 2.20. The van der Waals surface area contributed by atoms with Gasteiger partial charge in [-0.05, 0) is 6.26 Å². The maximum Gasteiger partial charge on any atom is 0.277 e. The van der Waals surface area contributed by atoms with Crippen molar-refractivity contribution in [2.24, 2.45) is 0 Å². The van der Waals surface area contributed by atoms with E-state index in [1.165, 1.54) is 11.8 Å². The number of thioether (sulfide) groups is 1. The molecule has 1 saturated heterocycles. The first-order valence-electron chi connectivity index (χ1n) is 5.80. The Balaban J connectivity index is 2.20. The summed E-state index contributed by atoms with van der Waals surface area (Å²) in [5.74, 6) is -0.0467. The van der Waals surface area contributed by atoms with Crippen LogP contribution in [0.2, 0.25) is 0 Å². The van der Waals surface area contributed by atoms with E-state index in [1.54, 1.807) is 6.26 Å². The van der Waals surface area contributed by atoms with Crippen LogP contribution >= 0.6 is 11.8 Å². The molecule has 0 bridgehead atoms. The minimum atomic E-state index is -1.40. The molecule has 7 N–H and O–H groups in total. The maximum absolute atomic E-state index is 11.8. The van der Waals surface area contributed by atoms with Gasteiger partial charge in [0.05, 0.1) is 6.61 Å². The van der Waals surface area contributed by atoms with Crippen LogP contribution in [0.15, 0.2) is 9.95 Å². The lowest BCUT2D eigenvalue weighted by Crippen LogP contribution is -2.55. The molecule has 2 heterocycles. The van der Waals surface area contributed by atoms with E-state index in [-0.39, 0.29) is 18.1 Å². The van der Waals surface area contributed by atoms with Crippen LogP contribution in [0.5, 0.6) is 0 Å². The first-order valence-corrected chi connectivity index (χ1v) is 7.02. The Morgan fingerprint density at radius 2 is 2.15 bits per heavy atom. The van der Waals surface area contributed by atoms with Gasteiger partial charge < -0.3 is 31.1 Å². The van der Waals surface area contributed by atoms with E-state index in [4.69, 9.17) is 10.5 Å². The van der Waals surface area contributed by atoms with Crippen molar-refractivity contribution in [3.8, 4) is 0 Å². The van der Waals surface area contributed by atoms with Gasteiger partial charge in [-0.15, -0.1) is 0 Å². The molecule has 4 unspecified atom stereocenters. The number of rotatable bonds is 3. The number of aromatic amines is 1. The average Bonchev–Trinajstić information content (AvgIpc) is 2.42. The molecule has 9 nitrogen and oxygen atoms in total. The van der Waals surface area contributed by atoms with Gasteiger partial charge >= 0.3 is 0 Å². The molecule has 2 rings (SSSR count). The zero-order valence-corrected chi connectivity index (χ0v) is 11.4. The fourth-order valence-electron chi connectivity index (χ4n) is 1.78. The maximum atomic E-state index is 11.8. The molecule has 20 heavy (non-hydrogen) atoms. The molecule has 0 spiro atoms. The Kier molecular flexibility index (Phi) is 4.50. The van der Waals surface area contributed by atoms with Crippen molar-refractivity contribution in [2.45, 2.75) is 29.7 Å². The van der Waals surface area contributed by atoms with E-state index in [2.05, 4.69) is 15.3 Å². The Morgan fingerprint density at radius 1 is 1.45 bits per heavy atom. The van der Waals surface area contributed by atoms with Crippen LogP contribution in [-0.2, 0) is 4.74 Å². The van der Waals surface area contributed by atoms with E-state index in [1.807, 2.05) is 0 Å². The summed E-state index contributed by atoms with van der Waals surface area (Å²) in [4.78, 5) is 18.3. The predicted octanol–water partition coefficient (Wildman–Crippen LogP) is -2.08. The van der Waals surface area contributed by atoms with E-state index in [0.717, 1.165) is 0 Å². The van der Waals surface area contributed by atoms with Gasteiger partial charge in [0.1, 0.15) is 24.0 Å². The highest BCUT2D eigenvalue weighted by Gasteiger charge is 2.38. The third kappa shape index (κ3) is 2.88. The number of aromatic nitrogens is 2. The lowest BCUT2D eigenvalue weighted by atomic mass is 10.0. The van der Waals surface area contributed by atoms with Crippen molar-refractivity contribution < 1.29 is 20.1 Å². The molecular weight excluding hydrogens is 288 g/mol. The van der Waals surface area contributed by atoms with Crippen molar-refractivity contribution in [3.05, 3.63) is 10.4 Å². The largest absolute Gasteiger partial charge is 0.388 e. The molecule has 10 heteroatoms. The molecule has 0 aliphatic carbocycles. The van der Waals surface area contributed by atoms with Gasteiger partial charge in [-0.1, -0.05) is 11.8 Å². The summed E-state index contributed by atoms with van der Waals surface area (Å²) in [5.41, 5.74) is 5.09. The van der Waals surface area contributed by atoms with Crippen LogP contribution in [0, 0.1) is 0 Å². The van der Waals surface area contributed by atoms with Crippen LogP contribution in [0.25, 0.3) is 0 Å². The zero-order chi connectivity index (χ0) is 14.9. The number of hydrogen-bond acceptors (Lipinski definition) is 9. The highest BCUT2D eigenvalue weighted by atomic mass is 32.2. The molecule has 0 radical (unpaired) electrons. The minimum Gasteiger partial charge on any atom is -0.388 e. The number of hydrogen-bond donors (Lipinski definition) is 6. The quantitative estimate of drug-likeness (QED) is 0.273. The van der Waals surface area contributed by atoms with Gasteiger partial charge in [0.15, 0.2) is 17.2 Å². The predicted molar refractivity (Wildman–Crippen MR) is 72.4 cm³/mol. The number of nitrogens with one attached hydrogen (secondary N) is 2. The topological polar surface area (TPSA) is 154 Å². The summed E-state index contributed by atoms with van der Waals surface area (Å²) in [5, 5.41) is 31.6. The second kappa shape index (κ2) is 5.97. The summed E-state index contributed by atoms with van der Waals surface area (Å²) in [6, 6.07) is 0. The minimum absolute atomic E-state index is 0.0467. The van der Waals surface area contributed by atoms with Gasteiger partial charge in [0.25, 0.3) is 5.56 Å². The number of aliphatic hydroxyl groups is 3. The van der Waals surface area contributed by atoms with Crippen LogP contribution in [0.3, 0.4) is 0 Å². The number of nitrogens with two attached hydrogens (primary N) is 1. The van der Waals surface area contributed by atoms with E-state index in [9.17, 15) is 20.1 Å². The third-order valence-electron chi connectivity index (χ3n) is 2.91. The number of ether oxygens (including phenoxy) is 1. The molecule has 4 atom stereocenters. The van der Waals surface area contributed by atoms with Gasteiger partial charge in [-0.2, -0.15) is 0 Å². The Morgan fingerprint density at radius 3 is 2.75 bits per heavy atom. The van der Waals surface area contributed by atoms with Crippen molar-refractivity contribution in [1.82, 2.24) is 9.97 Å². The molecule has 112 valence electrons. The molecule has 1 aromatic heterocycles. The number of anilines is 2. The summed E-state index contributed by atoms with van der Waals surface area (Å²) < 4.78 is 5.13. The van der Waals surface area contributed by atoms with Gasteiger partial charge in [0, 0.05) is 0 Å². The van der Waals surface area contributed by atoms with E-state index < -0.39 is 30.1 Å². The van der Waals surface area contributed by atoms with Crippen molar-refractivity contribution in [2.75, 3.05) is 23.9 Å². The summed E-state index contributed by atoms with van der Waals surface area (Å²) in [7, 11) is 0. The Bertz CT molecular complexity index is 539. The lowest BCUT2D eigenvalue weighted by molar-refractivity contribution is -0.178. The molecule has 1 aliphatic rings. The summed E-state index contributed by atoms with van der Waals surface area (Å²) in [6.45, 7) is -0.177. The SMILES string of the molecule is CSc1nc(N)c(NC2OCC(O)C(O)C2O)c(=O)[nH]1. The average molecular weight is 304 g/mol. The molecule has 0 amide bonds. The molecule has 0 aromatic carbocycles. The molecule has 1 aromatic rings.